The van der Waals surface area contributed by atoms with Crippen LogP contribution < -0.4 is 4.90 Å². The van der Waals surface area contributed by atoms with E-state index in [4.69, 9.17) is 0 Å². The van der Waals surface area contributed by atoms with Crippen molar-refractivity contribution >= 4 is 17.2 Å². The lowest BCUT2D eigenvalue weighted by Crippen LogP contribution is -2.46. The number of benzene rings is 3. The first-order chi connectivity index (χ1) is 16.5. The summed E-state index contributed by atoms with van der Waals surface area (Å²) in [4.78, 5) is 17.6. The molecule has 3 atom stereocenters. The van der Waals surface area contributed by atoms with Gasteiger partial charge < -0.3 is 10.0 Å². The number of carboxylic acids is 1. The van der Waals surface area contributed by atoms with Crippen molar-refractivity contribution in [1.29, 1.82) is 0 Å². The highest BCUT2D eigenvalue weighted by Crippen LogP contribution is 2.57. The molecule has 0 spiro atoms. The molecule has 4 nitrogen and oxygen atoms in total. The molecule has 0 saturated carbocycles. The van der Waals surface area contributed by atoms with E-state index in [9.17, 15) is 9.90 Å². The standard InChI is InChI=1S/C30H32N2O2/c1-31(2)25-15-13-23(14-16-25)26-17-18-27(24-11-7-4-8-12-24)30(29(33)34)21-32(20-28(26)30)19-22-9-5-3-6-10-22/h3-17,27-28H,18-21H2,1-2H3,(H,33,34). The summed E-state index contributed by atoms with van der Waals surface area (Å²) in [5.41, 5.74) is 4.93. The van der Waals surface area contributed by atoms with Crippen molar-refractivity contribution in [3.05, 3.63) is 108 Å². The van der Waals surface area contributed by atoms with Crippen LogP contribution in [0.2, 0.25) is 0 Å². The first-order valence-corrected chi connectivity index (χ1v) is 12.0. The van der Waals surface area contributed by atoms with Gasteiger partial charge >= 0.3 is 5.97 Å². The van der Waals surface area contributed by atoms with E-state index < -0.39 is 11.4 Å². The number of carbonyl (C=O) groups is 1. The molecule has 34 heavy (non-hydrogen) atoms. The smallest absolute Gasteiger partial charge is 0.312 e. The highest BCUT2D eigenvalue weighted by molar-refractivity contribution is 5.85. The van der Waals surface area contributed by atoms with Crippen LogP contribution in [0.15, 0.2) is 91.0 Å². The number of hydrogen-bond acceptors (Lipinski definition) is 3. The molecule has 3 aromatic carbocycles. The average Bonchev–Trinajstić information content (AvgIpc) is 3.25. The maximum atomic E-state index is 13.2. The number of carboxylic acid groups (broad SMARTS) is 1. The van der Waals surface area contributed by atoms with E-state index >= 15 is 0 Å². The highest BCUT2D eigenvalue weighted by Gasteiger charge is 2.59. The fraction of sp³-hybridized carbons (Fsp3) is 0.300. The van der Waals surface area contributed by atoms with Gasteiger partial charge in [0.05, 0.1) is 5.41 Å². The van der Waals surface area contributed by atoms with Crippen LogP contribution >= 0.6 is 0 Å². The topological polar surface area (TPSA) is 43.8 Å². The molecule has 0 aromatic heterocycles. The summed E-state index contributed by atoms with van der Waals surface area (Å²) in [5.74, 6) is -0.808. The van der Waals surface area contributed by atoms with Gasteiger partial charge in [-0.25, -0.2) is 0 Å². The summed E-state index contributed by atoms with van der Waals surface area (Å²) >= 11 is 0. The van der Waals surface area contributed by atoms with Crippen molar-refractivity contribution in [1.82, 2.24) is 4.90 Å². The number of likely N-dealkylation sites (tertiary alicyclic amines) is 1. The van der Waals surface area contributed by atoms with Gasteiger partial charge in [-0.15, -0.1) is 0 Å². The molecule has 3 unspecified atom stereocenters. The van der Waals surface area contributed by atoms with E-state index in [-0.39, 0.29) is 11.8 Å². The van der Waals surface area contributed by atoms with Crippen molar-refractivity contribution in [2.75, 3.05) is 32.1 Å². The fourth-order valence-electron chi connectivity index (χ4n) is 6.01. The number of aliphatic carboxylic acids is 1. The minimum Gasteiger partial charge on any atom is -0.481 e. The lowest BCUT2D eigenvalue weighted by molar-refractivity contribution is -0.151. The van der Waals surface area contributed by atoms with E-state index in [0.29, 0.717) is 6.54 Å². The third kappa shape index (κ3) is 3.92. The molecule has 1 saturated heterocycles. The normalized spacial score (nSPS) is 24.4. The molecule has 0 radical (unpaired) electrons. The maximum absolute atomic E-state index is 13.2. The van der Waals surface area contributed by atoms with Gasteiger partial charge in [-0.2, -0.15) is 0 Å². The SMILES string of the molecule is CN(C)c1ccc(C2=CCC(c3ccccc3)C3(C(=O)O)CN(Cc4ccccc4)CC23)cc1. The summed E-state index contributed by atoms with van der Waals surface area (Å²) in [6.45, 7) is 2.06. The van der Waals surface area contributed by atoms with Crippen molar-refractivity contribution in [2.24, 2.45) is 11.3 Å². The van der Waals surface area contributed by atoms with E-state index in [0.717, 1.165) is 36.3 Å². The number of fused-ring (bicyclic) bond motifs is 1. The quantitative estimate of drug-likeness (QED) is 0.534. The van der Waals surface area contributed by atoms with Crippen LogP contribution in [0.4, 0.5) is 5.69 Å². The van der Waals surface area contributed by atoms with Crippen molar-refractivity contribution in [2.45, 2.75) is 18.9 Å². The van der Waals surface area contributed by atoms with Crippen LogP contribution in [0, 0.1) is 11.3 Å². The fourth-order valence-corrected chi connectivity index (χ4v) is 6.01. The van der Waals surface area contributed by atoms with Crippen LogP contribution in [0.5, 0.6) is 0 Å². The summed E-state index contributed by atoms with van der Waals surface area (Å²) in [6, 6.07) is 29.2. The minimum atomic E-state index is -0.861. The van der Waals surface area contributed by atoms with E-state index in [1.165, 1.54) is 11.1 Å². The second-order valence-corrected chi connectivity index (χ2v) is 9.85. The van der Waals surface area contributed by atoms with Gasteiger partial charge in [-0.05, 0) is 40.8 Å². The predicted molar refractivity (Wildman–Crippen MR) is 138 cm³/mol. The molecular formula is C30H32N2O2. The molecule has 1 N–H and O–H groups in total. The summed E-state index contributed by atoms with van der Waals surface area (Å²) in [6.07, 6.45) is 3.04. The molecule has 1 fully saturated rings. The largest absolute Gasteiger partial charge is 0.481 e. The van der Waals surface area contributed by atoms with E-state index in [2.05, 4.69) is 76.5 Å². The van der Waals surface area contributed by atoms with Crippen LogP contribution in [0.25, 0.3) is 5.57 Å². The van der Waals surface area contributed by atoms with E-state index in [1.54, 1.807) is 0 Å². The lowest BCUT2D eigenvalue weighted by atomic mass is 9.59. The van der Waals surface area contributed by atoms with Crippen LogP contribution in [-0.4, -0.2) is 43.2 Å². The zero-order chi connectivity index (χ0) is 23.7. The van der Waals surface area contributed by atoms with Gasteiger partial charge in [-0.1, -0.05) is 78.9 Å². The Kier molecular flexibility index (Phi) is 6.01. The van der Waals surface area contributed by atoms with Gasteiger partial charge in [0, 0.05) is 51.3 Å². The monoisotopic (exact) mass is 452 g/mol. The highest BCUT2D eigenvalue weighted by atomic mass is 16.4. The second-order valence-electron chi connectivity index (χ2n) is 9.85. The molecule has 1 aliphatic heterocycles. The Balaban J connectivity index is 1.57. The third-order valence-electron chi connectivity index (χ3n) is 7.68. The number of hydrogen-bond donors (Lipinski definition) is 1. The Hall–Kier alpha value is -3.37. The molecule has 2 aliphatic rings. The van der Waals surface area contributed by atoms with Crippen molar-refractivity contribution in [3.63, 3.8) is 0 Å². The number of rotatable bonds is 6. The maximum Gasteiger partial charge on any atom is 0.312 e. The van der Waals surface area contributed by atoms with Gasteiger partial charge in [0.2, 0.25) is 0 Å². The Labute approximate surface area is 202 Å². The lowest BCUT2D eigenvalue weighted by Gasteiger charge is -2.42. The molecule has 3 aromatic rings. The van der Waals surface area contributed by atoms with Gasteiger partial charge in [-0.3, -0.25) is 9.69 Å². The summed E-state index contributed by atoms with van der Waals surface area (Å²) < 4.78 is 0. The second kappa shape index (κ2) is 9.11. The van der Waals surface area contributed by atoms with Gasteiger partial charge in [0.15, 0.2) is 0 Å². The van der Waals surface area contributed by atoms with Crippen molar-refractivity contribution in [3.8, 4) is 0 Å². The number of allylic oxidation sites excluding steroid dienone is 1. The molecule has 0 amide bonds. The molecule has 4 heteroatoms. The van der Waals surface area contributed by atoms with Crippen molar-refractivity contribution < 1.29 is 9.90 Å². The molecule has 5 rings (SSSR count). The summed E-state index contributed by atoms with van der Waals surface area (Å²) in [5, 5.41) is 10.8. The molecule has 0 bridgehead atoms. The van der Waals surface area contributed by atoms with Crippen LogP contribution in [0.3, 0.4) is 0 Å². The molecule has 1 aliphatic carbocycles. The first-order valence-electron chi connectivity index (χ1n) is 12.0. The Morgan fingerprint density at radius 1 is 0.941 bits per heavy atom. The Bertz CT molecular complexity index is 1170. The zero-order valence-electron chi connectivity index (χ0n) is 19.9. The molecular weight excluding hydrogens is 420 g/mol. The minimum absolute atomic E-state index is 0.0539. The number of anilines is 1. The Morgan fingerprint density at radius 3 is 2.21 bits per heavy atom. The molecule has 174 valence electrons. The van der Waals surface area contributed by atoms with Crippen LogP contribution in [-0.2, 0) is 11.3 Å². The van der Waals surface area contributed by atoms with E-state index in [1.807, 2.05) is 38.4 Å². The molecule has 1 heterocycles. The predicted octanol–water partition coefficient (Wildman–Crippen LogP) is 5.53. The first kappa shape index (κ1) is 22.4. The average molecular weight is 453 g/mol. The van der Waals surface area contributed by atoms with Gasteiger partial charge in [0.25, 0.3) is 0 Å². The zero-order valence-corrected chi connectivity index (χ0v) is 19.9. The summed E-state index contributed by atoms with van der Waals surface area (Å²) in [7, 11) is 4.07. The third-order valence-corrected chi connectivity index (χ3v) is 7.68. The van der Waals surface area contributed by atoms with Gasteiger partial charge in [0.1, 0.15) is 0 Å². The Morgan fingerprint density at radius 2 is 1.59 bits per heavy atom. The number of nitrogens with zero attached hydrogens (tertiary/aromatic N) is 2. The van der Waals surface area contributed by atoms with Crippen LogP contribution in [0.1, 0.15) is 29.0 Å².